The van der Waals surface area contributed by atoms with E-state index in [4.69, 9.17) is 10.2 Å². The molecule has 0 radical (unpaired) electrons. The zero-order valence-corrected chi connectivity index (χ0v) is 16.4. The fraction of sp³-hybridized carbons (Fsp3) is 0.286. The van der Waals surface area contributed by atoms with Crippen LogP contribution < -0.4 is 22.0 Å². The molecule has 1 atom stereocenters. The second kappa shape index (κ2) is 7.11. The number of carbonyl (C=O) groups excluding carboxylic acids is 1. The third-order valence-electron chi connectivity index (χ3n) is 5.32. The molecule has 1 fully saturated rings. The lowest BCUT2D eigenvalue weighted by Gasteiger charge is -2.20. The minimum atomic E-state index is -0.599. The van der Waals surface area contributed by atoms with Gasteiger partial charge in [-0.3, -0.25) is 4.79 Å². The SMILES string of the molecule is NC1=C2SC=C(CCc3ccc4oc(=O)c(C(=O)NC5CC5)cc4c3)[C@@H]2NC=N1. The molecule has 0 unspecified atom stereocenters. The van der Waals surface area contributed by atoms with E-state index in [1.807, 2.05) is 12.1 Å². The number of carbonyl (C=O) groups is 1. The second-order valence-corrected chi connectivity index (χ2v) is 8.40. The number of hydrogen-bond acceptors (Lipinski definition) is 7. The summed E-state index contributed by atoms with van der Waals surface area (Å²) in [7, 11) is 0. The highest BCUT2D eigenvalue weighted by molar-refractivity contribution is 8.06. The summed E-state index contributed by atoms with van der Waals surface area (Å²) in [5.41, 5.74) is 8.28. The Morgan fingerprint density at radius 1 is 1.31 bits per heavy atom. The maximum atomic E-state index is 12.3. The second-order valence-electron chi connectivity index (χ2n) is 7.49. The van der Waals surface area contributed by atoms with Crippen molar-refractivity contribution in [1.29, 1.82) is 0 Å². The molecule has 4 N–H and O–H groups in total. The van der Waals surface area contributed by atoms with Gasteiger partial charge >= 0.3 is 5.63 Å². The number of hydrogen-bond donors (Lipinski definition) is 3. The van der Waals surface area contributed by atoms with E-state index in [0.29, 0.717) is 11.4 Å². The number of rotatable bonds is 5. The lowest BCUT2D eigenvalue weighted by Crippen LogP contribution is -2.33. The number of thioether (sulfide) groups is 1. The maximum Gasteiger partial charge on any atom is 0.349 e. The molecule has 148 valence electrons. The first-order valence-electron chi connectivity index (χ1n) is 9.60. The monoisotopic (exact) mass is 408 g/mol. The summed E-state index contributed by atoms with van der Waals surface area (Å²) < 4.78 is 5.36. The molecule has 1 amide bonds. The summed E-state index contributed by atoms with van der Waals surface area (Å²) in [6, 6.07) is 7.66. The van der Waals surface area contributed by atoms with Gasteiger partial charge in [0.2, 0.25) is 0 Å². The van der Waals surface area contributed by atoms with Crippen molar-refractivity contribution in [3.63, 3.8) is 0 Å². The normalized spacial score (nSPS) is 20.4. The van der Waals surface area contributed by atoms with E-state index in [-0.39, 0.29) is 23.6 Å². The van der Waals surface area contributed by atoms with Crippen LogP contribution in [0.3, 0.4) is 0 Å². The van der Waals surface area contributed by atoms with Gasteiger partial charge in [0.05, 0.1) is 17.3 Å². The molecule has 2 aromatic rings. The predicted molar refractivity (Wildman–Crippen MR) is 114 cm³/mol. The Morgan fingerprint density at radius 2 is 2.17 bits per heavy atom. The topological polar surface area (TPSA) is 110 Å². The van der Waals surface area contributed by atoms with Crippen LogP contribution >= 0.6 is 11.8 Å². The van der Waals surface area contributed by atoms with Gasteiger partial charge in [0, 0.05) is 11.4 Å². The van der Waals surface area contributed by atoms with Gasteiger partial charge in [0.15, 0.2) is 0 Å². The predicted octanol–water partition coefficient (Wildman–Crippen LogP) is 2.38. The van der Waals surface area contributed by atoms with Crippen molar-refractivity contribution in [3.8, 4) is 0 Å². The van der Waals surface area contributed by atoms with Gasteiger partial charge in [-0.25, -0.2) is 9.79 Å². The van der Waals surface area contributed by atoms with Gasteiger partial charge in [0.25, 0.3) is 5.91 Å². The highest BCUT2D eigenvalue weighted by atomic mass is 32.2. The molecule has 1 saturated carbocycles. The molecule has 3 heterocycles. The zero-order valence-electron chi connectivity index (χ0n) is 15.6. The zero-order chi connectivity index (χ0) is 20.0. The number of nitrogens with zero attached hydrogens (tertiary/aromatic N) is 1. The largest absolute Gasteiger partial charge is 0.422 e. The van der Waals surface area contributed by atoms with Crippen molar-refractivity contribution in [2.45, 2.75) is 37.8 Å². The van der Waals surface area contributed by atoms with Crippen LogP contribution in [0, 0.1) is 0 Å². The first kappa shape index (κ1) is 18.1. The summed E-state index contributed by atoms with van der Waals surface area (Å²) in [4.78, 5) is 29.6. The molecule has 0 bridgehead atoms. The van der Waals surface area contributed by atoms with E-state index in [9.17, 15) is 9.59 Å². The molecule has 5 rings (SSSR count). The van der Waals surface area contributed by atoms with Crippen LogP contribution in [0.2, 0.25) is 0 Å². The smallest absolute Gasteiger partial charge is 0.349 e. The molecule has 8 heteroatoms. The number of aryl methyl sites for hydroxylation is 1. The molecule has 7 nitrogen and oxygen atoms in total. The van der Waals surface area contributed by atoms with Crippen LogP contribution in [-0.4, -0.2) is 24.3 Å². The molecule has 3 aliphatic rings. The number of benzene rings is 1. The lowest BCUT2D eigenvalue weighted by atomic mass is 9.98. The molecular weight excluding hydrogens is 388 g/mol. The number of nitrogens with one attached hydrogen (secondary N) is 2. The van der Waals surface area contributed by atoms with Gasteiger partial charge in [-0.2, -0.15) is 0 Å². The van der Waals surface area contributed by atoms with E-state index in [1.54, 1.807) is 30.2 Å². The van der Waals surface area contributed by atoms with Crippen molar-refractivity contribution in [1.82, 2.24) is 10.6 Å². The Kier molecular flexibility index (Phi) is 4.43. The van der Waals surface area contributed by atoms with Crippen molar-refractivity contribution >= 4 is 35.0 Å². The highest BCUT2D eigenvalue weighted by Gasteiger charge is 2.28. The van der Waals surface area contributed by atoms with Gasteiger partial charge in [-0.15, -0.1) is 0 Å². The van der Waals surface area contributed by atoms with E-state index >= 15 is 0 Å². The van der Waals surface area contributed by atoms with Crippen molar-refractivity contribution in [2.75, 3.05) is 0 Å². The van der Waals surface area contributed by atoms with Gasteiger partial charge < -0.3 is 20.8 Å². The summed E-state index contributed by atoms with van der Waals surface area (Å²) in [6.45, 7) is 0. The van der Waals surface area contributed by atoms with Crippen LogP contribution in [0.15, 0.2) is 60.2 Å². The summed E-state index contributed by atoms with van der Waals surface area (Å²) in [6.07, 6.45) is 5.27. The van der Waals surface area contributed by atoms with Crippen LogP contribution in [0.4, 0.5) is 0 Å². The third-order valence-corrected chi connectivity index (χ3v) is 6.44. The summed E-state index contributed by atoms with van der Waals surface area (Å²) in [5.74, 6) is 0.214. The molecule has 29 heavy (non-hydrogen) atoms. The molecular formula is C21H20N4O3S. The quantitative estimate of drug-likeness (QED) is 0.656. The van der Waals surface area contributed by atoms with Crippen molar-refractivity contribution in [3.05, 3.63) is 67.5 Å². The standard InChI is InChI=1S/C21H20N4O3S/c22-19-18-17(23-10-24-19)12(9-29-18)3-1-11-2-6-16-13(7-11)8-15(21(27)28-16)20(26)25-14-4-5-14/h2,6-10,14,17H,1,3-5,22H2,(H,23,24)(H,25,26)/t17-/m0/s1. The first-order valence-corrected chi connectivity index (χ1v) is 10.5. The summed E-state index contributed by atoms with van der Waals surface area (Å²) >= 11 is 1.62. The average molecular weight is 408 g/mol. The lowest BCUT2D eigenvalue weighted by molar-refractivity contribution is 0.0947. The van der Waals surface area contributed by atoms with E-state index in [0.717, 1.165) is 41.5 Å². The number of amides is 1. The van der Waals surface area contributed by atoms with Crippen LogP contribution in [0.5, 0.6) is 0 Å². The van der Waals surface area contributed by atoms with Gasteiger partial charge in [0.1, 0.15) is 17.0 Å². The fourth-order valence-electron chi connectivity index (χ4n) is 3.55. The van der Waals surface area contributed by atoms with Gasteiger partial charge in [-0.1, -0.05) is 17.8 Å². The highest BCUT2D eigenvalue weighted by Crippen LogP contribution is 2.38. The number of fused-ring (bicyclic) bond motifs is 2. The Bertz CT molecular complexity index is 1160. The van der Waals surface area contributed by atoms with E-state index in [2.05, 4.69) is 21.0 Å². The number of nitrogens with two attached hydrogens (primary N) is 1. The molecule has 1 aliphatic carbocycles. The van der Waals surface area contributed by atoms with E-state index in [1.165, 1.54) is 5.57 Å². The fourth-order valence-corrected chi connectivity index (χ4v) is 4.61. The van der Waals surface area contributed by atoms with Crippen molar-refractivity contribution < 1.29 is 9.21 Å². The Balaban J connectivity index is 1.34. The average Bonchev–Trinajstić information content (AvgIpc) is 3.42. The molecule has 0 saturated heterocycles. The van der Waals surface area contributed by atoms with Crippen molar-refractivity contribution in [2.24, 2.45) is 10.7 Å². The Hall–Kier alpha value is -3.00. The molecule has 0 spiro atoms. The molecule has 1 aromatic carbocycles. The van der Waals surface area contributed by atoms with Crippen LogP contribution in [0.25, 0.3) is 11.0 Å². The maximum absolute atomic E-state index is 12.3. The first-order chi connectivity index (χ1) is 14.1. The third kappa shape index (κ3) is 3.55. The minimum Gasteiger partial charge on any atom is -0.422 e. The molecule has 2 aliphatic heterocycles. The Morgan fingerprint density at radius 3 is 3.00 bits per heavy atom. The molecule has 1 aromatic heterocycles. The van der Waals surface area contributed by atoms with E-state index < -0.39 is 5.63 Å². The van der Waals surface area contributed by atoms with Crippen LogP contribution in [0.1, 0.15) is 35.2 Å². The van der Waals surface area contributed by atoms with Gasteiger partial charge in [-0.05, 0) is 60.4 Å². The minimum absolute atomic E-state index is 0.0624. The summed E-state index contributed by atoms with van der Waals surface area (Å²) in [5, 5.41) is 8.99. The number of aliphatic imine (C=N–C) groups is 1. The Labute approximate surface area is 171 Å². The van der Waals surface area contributed by atoms with Crippen LogP contribution in [-0.2, 0) is 6.42 Å².